The summed E-state index contributed by atoms with van der Waals surface area (Å²) in [6.45, 7) is 2.75. The van der Waals surface area contributed by atoms with Gasteiger partial charge in [0, 0.05) is 51.9 Å². The molecular formula is C27H26FN7O2S. The van der Waals surface area contributed by atoms with Gasteiger partial charge < -0.3 is 16.2 Å². The fourth-order valence-corrected chi connectivity index (χ4v) is 5.82. The molecule has 2 unspecified atom stereocenters. The Morgan fingerprint density at radius 1 is 1.18 bits per heavy atom. The Labute approximate surface area is 221 Å². The van der Waals surface area contributed by atoms with Crippen molar-refractivity contribution in [3.8, 4) is 17.2 Å². The van der Waals surface area contributed by atoms with Crippen molar-refractivity contribution in [2.75, 3.05) is 35.6 Å². The van der Waals surface area contributed by atoms with Crippen LogP contribution in [-0.4, -0.2) is 53.8 Å². The maximum Gasteiger partial charge on any atom is 0.150 e. The van der Waals surface area contributed by atoms with Gasteiger partial charge in [-0.2, -0.15) is 5.26 Å². The molecule has 1 saturated heterocycles. The van der Waals surface area contributed by atoms with E-state index in [1.165, 1.54) is 18.5 Å². The van der Waals surface area contributed by atoms with Gasteiger partial charge in [-0.3, -0.25) is 9.11 Å². The molecular weight excluding hydrogens is 505 g/mol. The average molecular weight is 532 g/mol. The van der Waals surface area contributed by atoms with Crippen LogP contribution in [-0.2, 0) is 10.8 Å². The maximum absolute atomic E-state index is 14.5. The number of rotatable bonds is 6. The number of pyridine rings is 1. The first-order valence-corrected chi connectivity index (χ1v) is 13.6. The summed E-state index contributed by atoms with van der Waals surface area (Å²) in [6.07, 6.45) is 0.181. The second kappa shape index (κ2) is 10.8. The summed E-state index contributed by atoms with van der Waals surface area (Å²) >= 11 is 0. The van der Waals surface area contributed by atoms with Crippen LogP contribution in [0.3, 0.4) is 0 Å². The molecule has 0 saturated carbocycles. The molecule has 194 valence electrons. The van der Waals surface area contributed by atoms with Gasteiger partial charge in [0.15, 0.2) is 0 Å². The zero-order chi connectivity index (χ0) is 26.8. The number of aliphatic hydroxyl groups excluding tert-OH is 1. The number of anilines is 2. The lowest BCUT2D eigenvalue weighted by molar-refractivity contribution is 0.00977. The Bertz CT molecular complexity index is 1550. The molecule has 1 aliphatic rings. The van der Waals surface area contributed by atoms with Crippen LogP contribution in [0.1, 0.15) is 36.0 Å². The topological polar surface area (TPSA) is 141 Å². The number of aromatic nitrogens is 3. The van der Waals surface area contributed by atoms with Gasteiger partial charge in [0.2, 0.25) is 0 Å². The molecule has 11 heteroatoms. The highest BCUT2D eigenvalue weighted by Gasteiger charge is 2.30. The smallest absolute Gasteiger partial charge is 0.150 e. The Hall–Kier alpha value is -3.98. The van der Waals surface area contributed by atoms with E-state index in [1.54, 1.807) is 6.07 Å². The second-order valence-corrected chi connectivity index (χ2v) is 10.7. The third-order valence-corrected chi connectivity index (χ3v) is 7.92. The number of nitrogen functional groups attached to an aromatic ring is 1. The van der Waals surface area contributed by atoms with E-state index in [-0.39, 0.29) is 17.2 Å². The van der Waals surface area contributed by atoms with Crippen LogP contribution in [0.2, 0.25) is 0 Å². The Balaban J connectivity index is 1.73. The minimum Gasteiger partial charge on any atom is -0.382 e. The zero-order valence-electron chi connectivity index (χ0n) is 20.6. The number of nitrogens with two attached hydrogens (primary N) is 1. The van der Waals surface area contributed by atoms with E-state index in [1.807, 2.05) is 48.2 Å². The molecule has 9 nitrogen and oxygen atoms in total. The Morgan fingerprint density at radius 3 is 2.63 bits per heavy atom. The van der Waals surface area contributed by atoms with E-state index < -0.39 is 28.9 Å². The Kier molecular flexibility index (Phi) is 7.28. The molecule has 1 aliphatic heterocycles. The van der Waals surface area contributed by atoms with Crippen LogP contribution in [0.4, 0.5) is 16.0 Å². The van der Waals surface area contributed by atoms with Crippen molar-refractivity contribution in [1.29, 1.82) is 5.26 Å². The number of benzene rings is 2. The monoisotopic (exact) mass is 531 g/mol. The van der Waals surface area contributed by atoms with Crippen LogP contribution < -0.4 is 11.1 Å². The predicted octanol–water partition coefficient (Wildman–Crippen LogP) is 3.51. The number of nitrogens with one attached hydrogen (secondary N) is 1. The number of fused-ring (bicyclic) bond motifs is 1. The van der Waals surface area contributed by atoms with Crippen molar-refractivity contribution in [2.24, 2.45) is 0 Å². The van der Waals surface area contributed by atoms with Crippen LogP contribution in [0.5, 0.6) is 0 Å². The lowest BCUT2D eigenvalue weighted by atomic mass is 9.90. The molecule has 0 radical (unpaired) electrons. The Morgan fingerprint density at radius 2 is 1.92 bits per heavy atom. The van der Waals surface area contributed by atoms with Crippen LogP contribution in [0.15, 0.2) is 54.9 Å². The zero-order valence-corrected chi connectivity index (χ0v) is 21.5. The highest BCUT2D eigenvalue weighted by atomic mass is 32.2. The number of halogens is 1. The third-order valence-electron chi connectivity index (χ3n) is 6.65. The highest BCUT2D eigenvalue weighted by Crippen LogP contribution is 2.40. The SMILES string of the molecule is CC(Nc1ncnc(N)c1C#N)c1nc2ccc(F)cc2c(C(O)N2CCS(=O)CC2)c1-c1ccccc1. The second-order valence-electron chi connectivity index (χ2n) is 9.03. The van der Waals surface area contributed by atoms with Crippen molar-refractivity contribution in [1.82, 2.24) is 19.9 Å². The predicted molar refractivity (Wildman–Crippen MR) is 145 cm³/mol. The van der Waals surface area contributed by atoms with Crippen LogP contribution in [0.25, 0.3) is 22.0 Å². The van der Waals surface area contributed by atoms with E-state index >= 15 is 0 Å². The summed E-state index contributed by atoms with van der Waals surface area (Å²) in [4.78, 5) is 14.9. The number of nitrogens with zero attached hydrogens (tertiary/aromatic N) is 5. The molecule has 0 bridgehead atoms. The van der Waals surface area contributed by atoms with Crippen molar-refractivity contribution < 1.29 is 13.7 Å². The fraction of sp³-hybridized carbons (Fsp3) is 0.259. The number of nitriles is 1. The molecule has 0 amide bonds. The molecule has 38 heavy (non-hydrogen) atoms. The molecule has 3 heterocycles. The summed E-state index contributed by atoms with van der Waals surface area (Å²) in [6, 6.07) is 15.3. The summed E-state index contributed by atoms with van der Waals surface area (Å²) < 4.78 is 26.5. The van der Waals surface area contributed by atoms with Crippen molar-refractivity contribution in [3.05, 3.63) is 77.5 Å². The molecule has 4 N–H and O–H groups in total. The minimum absolute atomic E-state index is 0.0565. The molecule has 0 spiro atoms. The largest absolute Gasteiger partial charge is 0.382 e. The molecule has 5 rings (SSSR count). The summed E-state index contributed by atoms with van der Waals surface area (Å²) in [5.41, 5.74) is 9.02. The summed E-state index contributed by atoms with van der Waals surface area (Å²) in [7, 11) is -0.929. The minimum atomic E-state index is -1.09. The molecule has 1 fully saturated rings. The number of hydrogen-bond donors (Lipinski definition) is 3. The summed E-state index contributed by atoms with van der Waals surface area (Å²) in [5.74, 6) is 0.771. The number of hydrogen-bond acceptors (Lipinski definition) is 9. The van der Waals surface area contributed by atoms with E-state index in [2.05, 4.69) is 15.3 Å². The van der Waals surface area contributed by atoms with Crippen molar-refractivity contribution >= 4 is 33.3 Å². The van der Waals surface area contributed by atoms with E-state index in [9.17, 15) is 19.0 Å². The van der Waals surface area contributed by atoms with Crippen LogP contribution >= 0.6 is 0 Å². The number of aliphatic hydroxyl groups is 1. The first-order chi connectivity index (χ1) is 18.4. The lowest BCUT2D eigenvalue weighted by Gasteiger charge is -2.33. The van der Waals surface area contributed by atoms with Gasteiger partial charge in [-0.15, -0.1) is 0 Å². The third kappa shape index (κ3) is 4.93. The standard InChI is InChI=1S/C27H26FN7O2S/c1-16(33-26-20(14-29)25(30)31-15-32-26)24-22(17-5-3-2-4-6-17)23(19-13-18(28)7-8-21(19)34-24)27(36)35-9-11-38(37)12-10-35/h2-8,13,15-16,27,36H,9-12H2,1H3,(H3,30,31,32,33). The van der Waals surface area contributed by atoms with Gasteiger partial charge in [-0.1, -0.05) is 30.3 Å². The van der Waals surface area contributed by atoms with Crippen LogP contribution in [0, 0.1) is 17.1 Å². The molecule has 2 aromatic heterocycles. The quantitative estimate of drug-likeness (QED) is 0.341. The van der Waals surface area contributed by atoms with Crippen molar-refractivity contribution in [3.63, 3.8) is 0 Å². The maximum atomic E-state index is 14.5. The molecule has 4 aromatic rings. The molecule has 2 atom stereocenters. The summed E-state index contributed by atoms with van der Waals surface area (Å²) in [5, 5.41) is 25.1. The lowest BCUT2D eigenvalue weighted by Crippen LogP contribution is -2.40. The average Bonchev–Trinajstić information content (AvgIpc) is 2.92. The van der Waals surface area contributed by atoms with E-state index in [0.29, 0.717) is 52.3 Å². The highest BCUT2D eigenvalue weighted by molar-refractivity contribution is 7.85. The normalized spacial score (nSPS) is 16.2. The van der Waals surface area contributed by atoms with Gasteiger partial charge in [0.1, 0.15) is 41.6 Å². The fourth-order valence-electron chi connectivity index (χ4n) is 4.74. The molecule has 2 aromatic carbocycles. The van der Waals surface area contributed by atoms with E-state index in [4.69, 9.17) is 10.7 Å². The first kappa shape index (κ1) is 25.7. The van der Waals surface area contributed by atoms with Gasteiger partial charge >= 0.3 is 0 Å². The van der Waals surface area contributed by atoms with Gasteiger partial charge in [-0.05, 0) is 30.7 Å². The van der Waals surface area contributed by atoms with Crippen molar-refractivity contribution in [2.45, 2.75) is 19.2 Å². The van der Waals surface area contributed by atoms with Gasteiger partial charge in [-0.25, -0.2) is 19.3 Å². The first-order valence-electron chi connectivity index (χ1n) is 12.1. The molecule has 0 aliphatic carbocycles. The van der Waals surface area contributed by atoms with Gasteiger partial charge in [0.05, 0.1) is 17.3 Å². The van der Waals surface area contributed by atoms with E-state index in [0.717, 1.165) is 5.56 Å². The van der Waals surface area contributed by atoms with Gasteiger partial charge in [0.25, 0.3) is 0 Å².